The molecule has 2 rings (SSSR count). The Morgan fingerprint density at radius 2 is 1.73 bits per heavy atom. The minimum absolute atomic E-state index is 0. The molecule has 0 aliphatic heterocycles. The highest BCUT2D eigenvalue weighted by molar-refractivity contribution is 7.84. The van der Waals surface area contributed by atoms with Crippen molar-refractivity contribution in [2.45, 2.75) is 70.0 Å². The molecule has 0 aromatic heterocycles. The van der Waals surface area contributed by atoms with Gasteiger partial charge >= 0.3 is 0 Å². The predicted molar refractivity (Wildman–Crippen MR) is 101 cm³/mol. The lowest BCUT2D eigenvalue weighted by Crippen LogP contribution is -2.47. The molecule has 1 aromatic rings. The maximum atomic E-state index is 12.0. The summed E-state index contributed by atoms with van der Waals surface area (Å²) in [7, 11) is -0.886. The molecule has 2 nitrogen and oxygen atoms in total. The topological polar surface area (TPSA) is 20.3 Å². The molecule has 2 atom stereocenters. The van der Waals surface area contributed by atoms with Crippen LogP contribution in [-0.4, -0.2) is 33.5 Å². The van der Waals surface area contributed by atoms with Gasteiger partial charge in [-0.15, -0.1) is 24.8 Å². The SMILES string of the molecule is CC(C)N(C(C)C)C1CCc2cccc(S(C)=O)c2C1.Cl.Cl. The van der Waals surface area contributed by atoms with Gasteiger partial charge in [0.15, 0.2) is 0 Å². The van der Waals surface area contributed by atoms with Crippen LogP contribution < -0.4 is 0 Å². The van der Waals surface area contributed by atoms with Crippen LogP contribution in [0.25, 0.3) is 0 Å². The van der Waals surface area contributed by atoms with E-state index in [4.69, 9.17) is 0 Å². The Labute approximate surface area is 150 Å². The van der Waals surface area contributed by atoms with Gasteiger partial charge in [-0.2, -0.15) is 0 Å². The van der Waals surface area contributed by atoms with Crippen LogP contribution >= 0.6 is 24.8 Å². The average molecular weight is 366 g/mol. The molecule has 5 heteroatoms. The lowest BCUT2D eigenvalue weighted by molar-refractivity contribution is 0.102. The van der Waals surface area contributed by atoms with Gasteiger partial charge in [0.05, 0.1) is 10.8 Å². The highest BCUT2D eigenvalue weighted by atomic mass is 35.5. The van der Waals surface area contributed by atoms with E-state index in [1.54, 1.807) is 6.26 Å². The minimum atomic E-state index is -0.886. The van der Waals surface area contributed by atoms with Crippen molar-refractivity contribution >= 4 is 35.6 Å². The van der Waals surface area contributed by atoms with Crippen LogP contribution in [0.3, 0.4) is 0 Å². The van der Waals surface area contributed by atoms with Crippen molar-refractivity contribution in [3.05, 3.63) is 29.3 Å². The van der Waals surface area contributed by atoms with E-state index in [0.29, 0.717) is 18.1 Å². The van der Waals surface area contributed by atoms with Crippen molar-refractivity contribution in [1.82, 2.24) is 4.90 Å². The van der Waals surface area contributed by atoms with Crippen LogP contribution in [0, 0.1) is 0 Å². The van der Waals surface area contributed by atoms with E-state index >= 15 is 0 Å². The quantitative estimate of drug-likeness (QED) is 0.794. The van der Waals surface area contributed by atoms with Crippen molar-refractivity contribution in [2.75, 3.05) is 6.26 Å². The fourth-order valence-corrected chi connectivity index (χ4v) is 4.53. The number of fused-ring (bicyclic) bond motifs is 1. The molecule has 0 saturated carbocycles. The summed E-state index contributed by atoms with van der Waals surface area (Å²) in [5.74, 6) is 0. The van der Waals surface area contributed by atoms with Crippen molar-refractivity contribution in [2.24, 2.45) is 0 Å². The molecule has 1 aliphatic carbocycles. The van der Waals surface area contributed by atoms with Gasteiger partial charge in [-0.05, 0) is 64.2 Å². The zero-order chi connectivity index (χ0) is 14.9. The van der Waals surface area contributed by atoms with Crippen molar-refractivity contribution in [3.63, 3.8) is 0 Å². The van der Waals surface area contributed by atoms with Gasteiger partial charge in [0.1, 0.15) is 0 Å². The summed E-state index contributed by atoms with van der Waals surface area (Å²) < 4.78 is 12.0. The number of halogens is 2. The first-order valence-corrected chi connectivity index (χ1v) is 9.19. The summed E-state index contributed by atoms with van der Waals surface area (Å²) >= 11 is 0. The third-order valence-electron chi connectivity index (χ3n) is 4.34. The molecule has 1 aliphatic rings. The zero-order valence-electron chi connectivity index (χ0n) is 14.2. The molecule has 0 saturated heterocycles. The number of rotatable bonds is 4. The summed E-state index contributed by atoms with van der Waals surface area (Å²) in [5.41, 5.74) is 2.75. The Kier molecular flexibility index (Phi) is 9.23. The number of benzene rings is 1. The van der Waals surface area contributed by atoms with Crippen LogP contribution in [-0.2, 0) is 23.6 Å². The van der Waals surface area contributed by atoms with Crippen LogP contribution in [0.5, 0.6) is 0 Å². The normalized spacial score (nSPS) is 18.6. The fraction of sp³-hybridized carbons (Fsp3) is 0.647. The van der Waals surface area contributed by atoms with Gasteiger partial charge < -0.3 is 0 Å². The molecular weight excluding hydrogens is 337 g/mol. The number of aryl methyl sites for hydroxylation is 1. The predicted octanol–water partition coefficient (Wildman–Crippen LogP) is 4.24. The van der Waals surface area contributed by atoms with Crippen molar-refractivity contribution in [3.8, 4) is 0 Å². The third-order valence-corrected chi connectivity index (χ3v) is 5.34. The molecular formula is C17H29Cl2NOS. The van der Waals surface area contributed by atoms with E-state index < -0.39 is 10.8 Å². The van der Waals surface area contributed by atoms with Gasteiger partial charge in [0.2, 0.25) is 0 Å². The van der Waals surface area contributed by atoms with Gasteiger partial charge in [-0.25, -0.2) is 0 Å². The van der Waals surface area contributed by atoms with Gasteiger partial charge in [0.25, 0.3) is 0 Å². The summed E-state index contributed by atoms with van der Waals surface area (Å²) in [6.45, 7) is 9.11. The molecule has 128 valence electrons. The Balaban J connectivity index is 0.00000220. The Morgan fingerprint density at radius 1 is 1.14 bits per heavy atom. The van der Waals surface area contributed by atoms with E-state index in [0.717, 1.165) is 17.7 Å². The molecule has 0 bridgehead atoms. The molecule has 22 heavy (non-hydrogen) atoms. The lowest BCUT2D eigenvalue weighted by atomic mass is 9.86. The fourth-order valence-electron chi connectivity index (χ4n) is 3.70. The standard InChI is InChI=1S/C17H27NOS.2ClH/c1-12(2)18(13(3)4)15-10-9-14-7-6-8-17(20(5)19)16(14)11-15;;/h6-8,12-13,15H,9-11H2,1-5H3;2*1H. The number of hydrogen-bond acceptors (Lipinski definition) is 2. The maximum Gasteiger partial charge on any atom is 0.0501 e. The second-order valence-electron chi connectivity index (χ2n) is 6.38. The van der Waals surface area contributed by atoms with Crippen LogP contribution in [0.1, 0.15) is 45.2 Å². The van der Waals surface area contributed by atoms with Gasteiger partial charge in [-0.1, -0.05) is 12.1 Å². The molecule has 0 N–H and O–H groups in total. The first kappa shape index (κ1) is 21.9. The van der Waals surface area contributed by atoms with E-state index in [-0.39, 0.29) is 24.8 Å². The average Bonchev–Trinajstić information content (AvgIpc) is 2.36. The molecule has 1 aromatic carbocycles. The lowest BCUT2D eigenvalue weighted by Gasteiger charge is -2.41. The second-order valence-corrected chi connectivity index (χ2v) is 7.73. The summed E-state index contributed by atoms with van der Waals surface area (Å²) in [4.78, 5) is 3.65. The van der Waals surface area contributed by atoms with Crippen LogP contribution in [0.4, 0.5) is 0 Å². The number of hydrogen-bond donors (Lipinski definition) is 0. The summed E-state index contributed by atoms with van der Waals surface area (Å²) in [6, 6.07) is 7.98. The van der Waals surface area contributed by atoms with Crippen LogP contribution in [0.2, 0.25) is 0 Å². The van der Waals surface area contributed by atoms with E-state index in [1.807, 2.05) is 6.07 Å². The second kappa shape index (κ2) is 9.27. The monoisotopic (exact) mass is 365 g/mol. The van der Waals surface area contributed by atoms with E-state index in [1.165, 1.54) is 17.5 Å². The minimum Gasteiger partial charge on any atom is -0.295 e. The highest BCUT2D eigenvalue weighted by Gasteiger charge is 2.29. The van der Waals surface area contributed by atoms with Crippen molar-refractivity contribution in [1.29, 1.82) is 0 Å². The Morgan fingerprint density at radius 3 is 2.23 bits per heavy atom. The molecule has 0 spiro atoms. The van der Waals surface area contributed by atoms with Crippen LogP contribution in [0.15, 0.2) is 23.1 Å². The Bertz CT molecular complexity index is 497. The van der Waals surface area contributed by atoms with Crippen molar-refractivity contribution < 1.29 is 4.21 Å². The third kappa shape index (κ3) is 4.70. The molecule has 2 unspecified atom stereocenters. The first-order valence-electron chi connectivity index (χ1n) is 7.63. The molecule has 0 fully saturated rings. The highest BCUT2D eigenvalue weighted by Crippen LogP contribution is 2.30. The maximum absolute atomic E-state index is 12.0. The Hall–Kier alpha value is -0.0900. The smallest absolute Gasteiger partial charge is 0.0501 e. The van der Waals surface area contributed by atoms with Gasteiger partial charge in [-0.3, -0.25) is 9.11 Å². The molecule has 0 heterocycles. The first-order chi connectivity index (χ1) is 9.41. The van der Waals surface area contributed by atoms with Gasteiger partial charge in [0, 0.05) is 29.3 Å². The summed E-state index contributed by atoms with van der Waals surface area (Å²) in [5, 5.41) is 0. The van der Waals surface area contributed by atoms with E-state index in [2.05, 4.69) is 44.7 Å². The zero-order valence-corrected chi connectivity index (χ0v) is 16.6. The molecule has 0 amide bonds. The number of nitrogens with zero attached hydrogens (tertiary/aromatic N) is 1. The molecule has 0 radical (unpaired) electrons. The summed E-state index contributed by atoms with van der Waals surface area (Å²) in [6.07, 6.45) is 5.16. The largest absolute Gasteiger partial charge is 0.295 e. The van der Waals surface area contributed by atoms with E-state index in [9.17, 15) is 4.21 Å².